The minimum Gasteiger partial charge on any atom is -0.497 e. The van der Waals surface area contributed by atoms with Crippen molar-refractivity contribution in [3.63, 3.8) is 0 Å². The van der Waals surface area contributed by atoms with Gasteiger partial charge in [-0.05, 0) is 25.1 Å². The van der Waals surface area contributed by atoms with Gasteiger partial charge in [0.1, 0.15) is 11.5 Å². The lowest BCUT2D eigenvalue weighted by atomic mass is 9.89. The molecule has 6 heteroatoms. The summed E-state index contributed by atoms with van der Waals surface area (Å²) in [6.07, 6.45) is 0. The second-order valence-electron chi connectivity index (χ2n) is 5.87. The summed E-state index contributed by atoms with van der Waals surface area (Å²) in [5, 5.41) is 5.51. The molecule has 3 rings (SSSR count). The standard InChI is InChI=1S/C20H20N2O4/c1-12-17(19(23)13-7-5-4-6-8-13)18(22-20(24)21-12)15-11-14(25-2)9-10-16(15)26-3/h4-11,18H,1-3H3,(H2,21,22,24)/t18-/m1/s1. The number of carbonyl (C=O) groups excluding carboxylic acids is 2. The summed E-state index contributed by atoms with van der Waals surface area (Å²) >= 11 is 0. The van der Waals surface area contributed by atoms with Crippen LogP contribution in [0, 0.1) is 0 Å². The maximum Gasteiger partial charge on any atom is 0.319 e. The van der Waals surface area contributed by atoms with Gasteiger partial charge in [-0.3, -0.25) is 4.79 Å². The van der Waals surface area contributed by atoms with E-state index >= 15 is 0 Å². The number of ether oxygens (including phenoxy) is 2. The fraction of sp³-hybridized carbons (Fsp3) is 0.200. The third kappa shape index (κ3) is 3.26. The molecular formula is C20H20N2O4. The molecule has 26 heavy (non-hydrogen) atoms. The molecule has 1 aliphatic rings. The van der Waals surface area contributed by atoms with Gasteiger partial charge in [0.15, 0.2) is 5.78 Å². The summed E-state index contributed by atoms with van der Waals surface area (Å²) in [6.45, 7) is 1.72. The van der Waals surface area contributed by atoms with Gasteiger partial charge in [-0.15, -0.1) is 0 Å². The van der Waals surface area contributed by atoms with E-state index in [-0.39, 0.29) is 11.8 Å². The Kier molecular flexibility index (Phi) is 4.93. The largest absolute Gasteiger partial charge is 0.497 e. The van der Waals surface area contributed by atoms with Crippen molar-refractivity contribution < 1.29 is 19.1 Å². The van der Waals surface area contributed by atoms with Crippen molar-refractivity contribution in [2.24, 2.45) is 0 Å². The van der Waals surface area contributed by atoms with Gasteiger partial charge in [0.2, 0.25) is 0 Å². The Morgan fingerprint density at radius 2 is 1.77 bits per heavy atom. The Balaban J connectivity index is 2.14. The van der Waals surface area contributed by atoms with E-state index in [9.17, 15) is 9.59 Å². The van der Waals surface area contributed by atoms with Crippen LogP contribution in [0.15, 0.2) is 59.8 Å². The summed E-state index contributed by atoms with van der Waals surface area (Å²) in [4.78, 5) is 25.2. The molecule has 6 nitrogen and oxygen atoms in total. The van der Waals surface area contributed by atoms with Gasteiger partial charge in [0, 0.05) is 22.4 Å². The van der Waals surface area contributed by atoms with Crippen molar-refractivity contribution in [3.05, 3.63) is 70.9 Å². The number of Topliss-reactive ketones (excluding diaryl/α,β-unsaturated/α-hetero) is 1. The van der Waals surface area contributed by atoms with Gasteiger partial charge in [-0.25, -0.2) is 4.79 Å². The molecule has 2 N–H and O–H groups in total. The quantitative estimate of drug-likeness (QED) is 0.810. The fourth-order valence-electron chi connectivity index (χ4n) is 3.04. The number of rotatable bonds is 5. The molecule has 0 saturated heterocycles. The highest BCUT2D eigenvalue weighted by atomic mass is 16.5. The number of nitrogens with one attached hydrogen (secondary N) is 2. The molecule has 2 aromatic carbocycles. The Labute approximate surface area is 151 Å². The lowest BCUT2D eigenvalue weighted by molar-refractivity contribution is 0.102. The molecule has 0 radical (unpaired) electrons. The van der Waals surface area contributed by atoms with Crippen LogP contribution in [-0.2, 0) is 0 Å². The monoisotopic (exact) mass is 352 g/mol. The van der Waals surface area contributed by atoms with Crippen LogP contribution in [-0.4, -0.2) is 26.0 Å². The summed E-state index contributed by atoms with van der Waals surface area (Å²) in [5.74, 6) is 1.01. The number of urea groups is 1. The first-order valence-corrected chi connectivity index (χ1v) is 8.15. The van der Waals surface area contributed by atoms with Gasteiger partial charge < -0.3 is 20.1 Å². The van der Waals surface area contributed by atoms with E-state index in [4.69, 9.17) is 9.47 Å². The fourth-order valence-corrected chi connectivity index (χ4v) is 3.04. The van der Waals surface area contributed by atoms with Gasteiger partial charge in [-0.1, -0.05) is 30.3 Å². The smallest absolute Gasteiger partial charge is 0.319 e. The Morgan fingerprint density at radius 1 is 1.04 bits per heavy atom. The second kappa shape index (κ2) is 7.31. The first-order chi connectivity index (χ1) is 12.5. The van der Waals surface area contributed by atoms with E-state index in [2.05, 4.69) is 10.6 Å². The minimum absolute atomic E-state index is 0.162. The predicted molar refractivity (Wildman–Crippen MR) is 97.4 cm³/mol. The number of methoxy groups -OCH3 is 2. The van der Waals surface area contributed by atoms with Crippen LogP contribution in [0.5, 0.6) is 11.5 Å². The average Bonchev–Trinajstić information content (AvgIpc) is 2.67. The third-order valence-corrected chi connectivity index (χ3v) is 4.30. The molecule has 0 saturated carbocycles. The van der Waals surface area contributed by atoms with Crippen molar-refractivity contribution in [3.8, 4) is 11.5 Å². The normalized spacial score (nSPS) is 16.6. The van der Waals surface area contributed by atoms with Crippen LogP contribution in [0.25, 0.3) is 0 Å². The molecular weight excluding hydrogens is 332 g/mol. The maximum absolute atomic E-state index is 13.1. The molecule has 0 aliphatic carbocycles. The van der Waals surface area contributed by atoms with Crippen molar-refractivity contribution in [1.29, 1.82) is 0 Å². The molecule has 0 bridgehead atoms. The SMILES string of the molecule is COc1ccc(OC)c([C@H]2NC(=O)NC(C)=C2C(=O)c2ccccc2)c1. The zero-order chi connectivity index (χ0) is 18.7. The first-order valence-electron chi connectivity index (χ1n) is 8.15. The molecule has 0 unspecified atom stereocenters. The summed E-state index contributed by atoms with van der Waals surface area (Å²) in [7, 11) is 3.10. The predicted octanol–water partition coefficient (Wildman–Crippen LogP) is 3.21. The van der Waals surface area contributed by atoms with Crippen LogP contribution in [0.3, 0.4) is 0 Å². The number of amides is 2. The molecule has 0 aromatic heterocycles. The van der Waals surface area contributed by atoms with Gasteiger partial charge in [0.05, 0.1) is 20.3 Å². The van der Waals surface area contributed by atoms with Crippen LogP contribution >= 0.6 is 0 Å². The lowest BCUT2D eigenvalue weighted by Crippen LogP contribution is -2.45. The summed E-state index contributed by atoms with van der Waals surface area (Å²) in [5.41, 5.74) is 2.17. The highest BCUT2D eigenvalue weighted by Crippen LogP contribution is 2.36. The molecule has 0 fully saturated rings. The van der Waals surface area contributed by atoms with E-state index < -0.39 is 6.04 Å². The number of ketones is 1. The number of hydrogen-bond acceptors (Lipinski definition) is 4. The van der Waals surface area contributed by atoms with Gasteiger partial charge in [-0.2, -0.15) is 0 Å². The Bertz CT molecular complexity index is 875. The third-order valence-electron chi connectivity index (χ3n) is 4.30. The molecule has 1 heterocycles. The van der Waals surface area contributed by atoms with E-state index in [1.54, 1.807) is 63.6 Å². The topological polar surface area (TPSA) is 76.7 Å². The van der Waals surface area contributed by atoms with Crippen molar-refractivity contribution in [1.82, 2.24) is 10.6 Å². The zero-order valence-corrected chi connectivity index (χ0v) is 14.8. The number of hydrogen-bond donors (Lipinski definition) is 2. The summed E-state index contributed by atoms with van der Waals surface area (Å²) < 4.78 is 10.7. The van der Waals surface area contributed by atoms with E-state index in [1.165, 1.54) is 0 Å². The Hall–Kier alpha value is -3.28. The maximum atomic E-state index is 13.1. The number of allylic oxidation sites excluding steroid dienone is 1. The van der Waals surface area contributed by atoms with Crippen LogP contribution < -0.4 is 20.1 Å². The second-order valence-corrected chi connectivity index (χ2v) is 5.87. The van der Waals surface area contributed by atoms with E-state index in [0.717, 1.165) is 0 Å². The Morgan fingerprint density at radius 3 is 2.42 bits per heavy atom. The average molecular weight is 352 g/mol. The van der Waals surface area contributed by atoms with Crippen molar-refractivity contribution in [2.75, 3.05) is 14.2 Å². The van der Waals surface area contributed by atoms with Gasteiger partial charge in [0.25, 0.3) is 0 Å². The number of benzene rings is 2. The molecule has 2 aromatic rings. The van der Waals surface area contributed by atoms with Crippen molar-refractivity contribution in [2.45, 2.75) is 13.0 Å². The zero-order valence-electron chi connectivity index (χ0n) is 14.8. The molecule has 134 valence electrons. The lowest BCUT2D eigenvalue weighted by Gasteiger charge is -2.29. The first kappa shape index (κ1) is 17.5. The van der Waals surface area contributed by atoms with Crippen LogP contribution in [0.1, 0.15) is 28.9 Å². The van der Waals surface area contributed by atoms with Gasteiger partial charge >= 0.3 is 6.03 Å². The molecule has 1 atom stereocenters. The molecule has 0 spiro atoms. The summed E-state index contributed by atoms with van der Waals surface area (Å²) in [6, 6.07) is 13.2. The molecule has 2 amide bonds. The van der Waals surface area contributed by atoms with E-state index in [0.29, 0.717) is 33.9 Å². The van der Waals surface area contributed by atoms with E-state index in [1.807, 2.05) is 6.07 Å². The minimum atomic E-state index is -0.651. The van der Waals surface area contributed by atoms with Crippen LogP contribution in [0.2, 0.25) is 0 Å². The highest BCUT2D eigenvalue weighted by Gasteiger charge is 2.33. The number of carbonyl (C=O) groups is 2. The highest BCUT2D eigenvalue weighted by molar-refractivity contribution is 6.11. The van der Waals surface area contributed by atoms with Crippen LogP contribution in [0.4, 0.5) is 4.79 Å². The van der Waals surface area contributed by atoms with Crippen molar-refractivity contribution >= 4 is 11.8 Å². The molecule has 1 aliphatic heterocycles.